The number of carboxylic acids is 1. The largest absolute Gasteiger partial charge is 0.478 e. The Morgan fingerprint density at radius 3 is 2.38 bits per heavy atom. The van der Waals surface area contributed by atoms with Gasteiger partial charge in [-0.15, -0.1) is 0 Å². The van der Waals surface area contributed by atoms with Gasteiger partial charge in [0.1, 0.15) is 5.56 Å². The van der Waals surface area contributed by atoms with Crippen molar-refractivity contribution in [2.24, 2.45) is 0 Å². The molecule has 0 fully saturated rings. The van der Waals surface area contributed by atoms with Crippen molar-refractivity contribution in [1.29, 1.82) is 0 Å². The maximum Gasteiger partial charge on any atom is 0.339 e. The van der Waals surface area contributed by atoms with E-state index < -0.39 is 5.97 Å². The number of aryl methyl sites for hydroxylation is 1. The molecule has 0 aliphatic carbocycles. The minimum atomic E-state index is -0.917. The second kappa shape index (κ2) is 8.62. The molecular weight excluding hydrogens is 266 g/mol. The van der Waals surface area contributed by atoms with Crippen LogP contribution in [0.5, 0.6) is 0 Å². The lowest BCUT2D eigenvalue weighted by Gasteiger charge is -2.26. The van der Waals surface area contributed by atoms with Gasteiger partial charge in [-0.2, -0.15) is 0 Å². The Hall–Kier alpha value is -1.62. The van der Waals surface area contributed by atoms with E-state index in [0.717, 1.165) is 50.5 Å². The summed E-state index contributed by atoms with van der Waals surface area (Å²) in [6.07, 6.45) is 2.48. The maximum atomic E-state index is 11.4. The Kier molecular flexibility index (Phi) is 7.15. The van der Waals surface area contributed by atoms with Gasteiger partial charge < -0.3 is 14.9 Å². The lowest BCUT2D eigenvalue weighted by Crippen LogP contribution is -2.31. The molecule has 0 saturated heterocycles. The standard InChI is InChI=1S/C16H27N3O2/c1-5-18(6-2)9-8-10-19(7-3)15-11-13(4)17-12-14(15)16(20)21/h11-12H,5-10H2,1-4H3,(H,20,21). The molecule has 5 nitrogen and oxygen atoms in total. The monoisotopic (exact) mass is 293 g/mol. The summed E-state index contributed by atoms with van der Waals surface area (Å²) in [6, 6.07) is 1.87. The van der Waals surface area contributed by atoms with Gasteiger partial charge in [-0.3, -0.25) is 4.98 Å². The Morgan fingerprint density at radius 2 is 1.86 bits per heavy atom. The van der Waals surface area contributed by atoms with Crippen LogP contribution in [-0.4, -0.2) is 53.7 Å². The van der Waals surface area contributed by atoms with Crippen molar-refractivity contribution in [2.45, 2.75) is 34.1 Å². The molecule has 0 aliphatic rings. The number of aromatic carboxylic acids is 1. The maximum absolute atomic E-state index is 11.4. The highest BCUT2D eigenvalue weighted by atomic mass is 16.4. The van der Waals surface area contributed by atoms with E-state index in [4.69, 9.17) is 0 Å². The second-order valence-electron chi connectivity index (χ2n) is 5.11. The molecule has 1 heterocycles. The molecule has 1 N–H and O–H groups in total. The first-order valence-electron chi connectivity index (χ1n) is 7.70. The number of hydrogen-bond donors (Lipinski definition) is 1. The number of hydrogen-bond acceptors (Lipinski definition) is 4. The van der Waals surface area contributed by atoms with Gasteiger partial charge in [-0.25, -0.2) is 4.79 Å². The summed E-state index contributed by atoms with van der Waals surface area (Å²) >= 11 is 0. The number of carbonyl (C=O) groups is 1. The zero-order valence-electron chi connectivity index (χ0n) is 13.6. The van der Waals surface area contributed by atoms with Crippen LogP contribution in [0.15, 0.2) is 12.3 Å². The lowest BCUT2D eigenvalue weighted by molar-refractivity contribution is 0.0697. The normalized spacial score (nSPS) is 10.9. The molecule has 21 heavy (non-hydrogen) atoms. The minimum absolute atomic E-state index is 0.283. The van der Waals surface area contributed by atoms with Crippen molar-refractivity contribution in [3.8, 4) is 0 Å². The average Bonchev–Trinajstić information content (AvgIpc) is 2.47. The van der Waals surface area contributed by atoms with Gasteiger partial charge in [0.15, 0.2) is 0 Å². The fourth-order valence-electron chi connectivity index (χ4n) is 2.45. The van der Waals surface area contributed by atoms with Crippen molar-refractivity contribution >= 4 is 11.7 Å². The second-order valence-corrected chi connectivity index (χ2v) is 5.11. The number of pyridine rings is 1. The summed E-state index contributed by atoms with van der Waals surface area (Å²) in [6.45, 7) is 13.1. The van der Waals surface area contributed by atoms with Crippen LogP contribution >= 0.6 is 0 Å². The van der Waals surface area contributed by atoms with Gasteiger partial charge in [0.05, 0.1) is 5.69 Å². The third kappa shape index (κ3) is 5.01. The minimum Gasteiger partial charge on any atom is -0.478 e. The van der Waals surface area contributed by atoms with E-state index in [1.54, 1.807) is 0 Å². The molecular formula is C16H27N3O2. The molecule has 0 spiro atoms. The highest BCUT2D eigenvalue weighted by Crippen LogP contribution is 2.21. The van der Waals surface area contributed by atoms with E-state index in [2.05, 4.69) is 35.6 Å². The predicted octanol–water partition coefficient (Wildman–Crippen LogP) is 2.65. The van der Waals surface area contributed by atoms with Crippen LogP contribution in [0.4, 0.5) is 5.69 Å². The fourth-order valence-corrected chi connectivity index (χ4v) is 2.45. The summed E-state index contributed by atoms with van der Waals surface area (Å²) < 4.78 is 0. The molecule has 0 aliphatic heterocycles. The molecule has 5 heteroatoms. The summed E-state index contributed by atoms with van der Waals surface area (Å²) in [5, 5.41) is 9.32. The van der Waals surface area contributed by atoms with Gasteiger partial charge in [0.2, 0.25) is 0 Å². The first-order valence-corrected chi connectivity index (χ1v) is 7.70. The molecule has 1 aromatic rings. The molecule has 0 amide bonds. The van der Waals surface area contributed by atoms with Crippen LogP contribution < -0.4 is 4.90 Å². The zero-order valence-corrected chi connectivity index (χ0v) is 13.6. The van der Waals surface area contributed by atoms with Gasteiger partial charge in [-0.1, -0.05) is 13.8 Å². The van der Waals surface area contributed by atoms with E-state index >= 15 is 0 Å². The Bertz CT molecular complexity index is 459. The molecule has 0 radical (unpaired) electrons. The molecule has 1 aromatic heterocycles. The molecule has 118 valence electrons. The Labute approximate surface area is 127 Å². The van der Waals surface area contributed by atoms with E-state index in [1.807, 2.05) is 13.0 Å². The summed E-state index contributed by atoms with van der Waals surface area (Å²) in [4.78, 5) is 20.0. The van der Waals surface area contributed by atoms with Gasteiger partial charge in [0.25, 0.3) is 0 Å². The van der Waals surface area contributed by atoms with Crippen molar-refractivity contribution in [3.05, 3.63) is 23.5 Å². The van der Waals surface area contributed by atoms with Crippen molar-refractivity contribution in [3.63, 3.8) is 0 Å². The van der Waals surface area contributed by atoms with Crippen LogP contribution in [0.3, 0.4) is 0 Å². The van der Waals surface area contributed by atoms with Crippen LogP contribution in [0.25, 0.3) is 0 Å². The van der Waals surface area contributed by atoms with E-state index in [9.17, 15) is 9.90 Å². The predicted molar refractivity (Wildman–Crippen MR) is 86.2 cm³/mol. The van der Waals surface area contributed by atoms with Crippen LogP contribution in [0, 0.1) is 6.92 Å². The molecule has 1 rings (SSSR count). The number of rotatable bonds is 9. The zero-order chi connectivity index (χ0) is 15.8. The van der Waals surface area contributed by atoms with E-state index in [-0.39, 0.29) is 5.56 Å². The smallest absolute Gasteiger partial charge is 0.339 e. The van der Waals surface area contributed by atoms with Crippen LogP contribution in [-0.2, 0) is 0 Å². The van der Waals surface area contributed by atoms with E-state index in [1.165, 1.54) is 6.20 Å². The first-order chi connectivity index (χ1) is 10.0. The fraction of sp³-hybridized carbons (Fsp3) is 0.625. The Balaban J connectivity index is 2.80. The van der Waals surface area contributed by atoms with Crippen LogP contribution in [0.1, 0.15) is 43.2 Å². The SMILES string of the molecule is CCN(CC)CCCN(CC)c1cc(C)ncc1C(=O)O. The highest BCUT2D eigenvalue weighted by molar-refractivity contribution is 5.94. The van der Waals surface area contributed by atoms with Gasteiger partial charge in [0, 0.05) is 25.0 Å². The van der Waals surface area contributed by atoms with Crippen molar-refractivity contribution in [1.82, 2.24) is 9.88 Å². The average molecular weight is 293 g/mol. The third-order valence-corrected chi connectivity index (χ3v) is 3.77. The van der Waals surface area contributed by atoms with Gasteiger partial charge >= 0.3 is 5.97 Å². The summed E-state index contributed by atoms with van der Waals surface area (Å²) in [5.74, 6) is -0.917. The first kappa shape index (κ1) is 17.4. The molecule has 0 aromatic carbocycles. The Morgan fingerprint density at radius 1 is 1.19 bits per heavy atom. The van der Waals surface area contributed by atoms with Crippen molar-refractivity contribution in [2.75, 3.05) is 37.6 Å². The summed E-state index contributed by atoms with van der Waals surface area (Å²) in [5.41, 5.74) is 1.90. The van der Waals surface area contributed by atoms with E-state index in [0.29, 0.717) is 0 Å². The molecule has 0 unspecified atom stereocenters. The topological polar surface area (TPSA) is 56.7 Å². The lowest BCUT2D eigenvalue weighted by atomic mass is 10.1. The molecule has 0 bridgehead atoms. The number of aromatic nitrogens is 1. The number of nitrogens with zero attached hydrogens (tertiary/aromatic N) is 3. The van der Waals surface area contributed by atoms with Gasteiger partial charge in [-0.05, 0) is 46.0 Å². The molecule has 0 atom stereocenters. The highest BCUT2D eigenvalue weighted by Gasteiger charge is 2.16. The summed E-state index contributed by atoms with van der Waals surface area (Å²) in [7, 11) is 0. The number of anilines is 1. The number of carboxylic acid groups (broad SMARTS) is 1. The quantitative estimate of drug-likeness (QED) is 0.758. The third-order valence-electron chi connectivity index (χ3n) is 3.77. The molecule has 0 saturated carbocycles. The van der Waals surface area contributed by atoms with Crippen molar-refractivity contribution < 1.29 is 9.90 Å². The van der Waals surface area contributed by atoms with Crippen LogP contribution in [0.2, 0.25) is 0 Å².